The summed E-state index contributed by atoms with van der Waals surface area (Å²) < 4.78 is 41.4. The van der Waals surface area contributed by atoms with E-state index in [4.69, 9.17) is 5.73 Å². The highest BCUT2D eigenvalue weighted by Gasteiger charge is 2.38. The van der Waals surface area contributed by atoms with Gasteiger partial charge in [0.25, 0.3) is 0 Å². The van der Waals surface area contributed by atoms with Crippen molar-refractivity contribution < 1.29 is 22.5 Å². The van der Waals surface area contributed by atoms with Gasteiger partial charge < -0.3 is 15.2 Å². The van der Waals surface area contributed by atoms with Crippen LogP contribution in [0.1, 0.15) is 42.5 Å². The summed E-state index contributed by atoms with van der Waals surface area (Å²) in [5, 5.41) is 3.32. The van der Waals surface area contributed by atoms with E-state index >= 15 is 0 Å². The predicted octanol–water partition coefficient (Wildman–Crippen LogP) is 3.14. The second kappa shape index (κ2) is 8.20. The number of amides is 1. The SMILES string of the molecule is CN(C)c1cccc(C(CCCCc2noc(C(F)(F)F)n2)C(N)=O)c1. The van der Waals surface area contributed by atoms with Crippen molar-refractivity contribution in [2.45, 2.75) is 37.8 Å². The molecule has 1 aromatic carbocycles. The molecule has 1 atom stereocenters. The quantitative estimate of drug-likeness (QED) is 0.722. The van der Waals surface area contributed by atoms with Crippen LogP contribution in [0.15, 0.2) is 28.8 Å². The molecule has 6 nitrogen and oxygen atoms in total. The van der Waals surface area contributed by atoms with Crippen molar-refractivity contribution in [3.8, 4) is 0 Å². The monoisotopic (exact) mass is 370 g/mol. The van der Waals surface area contributed by atoms with Gasteiger partial charge in [-0.2, -0.15) is 18.2 Å². The number of aromatic nitrogens is 2. The van der Waals surface area contributed by atoms with Crippen molar-refractivity contribution in [2.75, 3.05) is 19.0 Å². The number of unbranched alkanes of at least 4 members (excludes halogenated alkanes) is 1. The minimum Gasteiger partial charge on any atom is -0.378 e. The molecule has 0 bridgehead atoms. The number of hydrogen-bond donors (Lipinski definition) is 1. The van der Waals surface area contributed by atoms with Crippen LogP contribution in [-0.4, -0.2) is 30.1 Å². The maximum absolute atomic E-state index is 12.4. The summed E-state index contributed by atoms with van der Waals surface area (Å²) >= 11 is 0. The van der Waals surface area contributed by atoms with Gasteiger partial charge in [0.05, 0.1) is 5.92 Å². The Kier molecular flexibility index (Phi) is 6.23. The second-order valence-electron chi connectivity index (χ2n) is 6.20. The number of hydrogen-bond acceptors (Lipinski definition) is 5. The molecule has 0 saturated carbocycles. The summed E-state index contributed by atoms with van der Waals surface area (Å²) in [6, 6.07) is 7.54. The average molecular weight is 370 g/mol. The number of rotatable bonds is 8. The number of benzene rings is 1. The standard InChI is InChI=1S/C17H21F3N4O2/c1-24(2)12-7-5-6-11(10-12)13(15(21)25)8-3-4-9-14-22-16(26-23-14)17(18,19)20/h5-7,10,13H,3-4,8-9H2,1-2H3,(H2,21,25). The lowest BCUT2D eigenvalue weighted by Gasteiger charge is -2.18. The minimum atomic E-state index is -4.64. The summed E-state index contributed by atoms with van der Waals surface area (Å²) in [6.07, 6.45) is -2.79. The van der Waals surface area contributed by atoms with Gasteiger partial charge in [-0.3, -0.25) is 4.79 Å². The molecular formula is C17H21F3N4O2. The zero-order valence-electron chi connectivity index (χ0n) is 14.6. The number of anilines is 1. The number of nitrogens with zero attached hydrogens (tertiary/aromatic N) is 3. The predicted molar refractivity (Wildman–Crippen MR) is 89.6 cm³/mol. The Hall–Kier alpha value is -2.58. The molecule has 1 unspecified atom stereocenters. The van der Waals surface area contributed by atoms with Crippen LogP contribution in [0, 0.1) is 0 Å². The number of halogens is 3. The fourth-order valence-corrected chi connectivity index (χ4v) is 2.60. The van der Waals surface area contributed by atoms with E-state index in [2.05, 4.69) is 14.7 Å². The van der Waals surface area contributed by atoms with Crippen LogP contribution in [0.4, 0.5) is 18.9 Å². The Morgan fingerprint density at radius 2 is 2.04 bits per heavy atom. The van der Waals surface area contributed by atoms with Gasteiger partial charge in [-0.05, 0) is 30.5 Å². The molecule has 2 aromatic rings. The lowest BCUT2D eigenvalue weighted by atomic mass is 9.92. The van der Waals surface area contributed by atoms with Gasteiger partial charge in [0.15, 0.2) is 5.82 Å². The number of primary amides is 1. The van der Waals surface area contributed by atoms with Gasteiger partial charge in [0.1, 0.15) is 0 Å². The highest BCUT2D eigenvalue weighted by Crippen LogP contribution is 2.28. The zero-order chi connectivity index (χ0) is 19.3. The summed E-state index contributed by atoms with van der Waals surface area (Å²) in [6.45, 7) is 0. The molecule has 0 aliphatic rings. The first-order chi connectivity index (χ1) is 12.2. The molecular weight excluding hydrogens is 349 g/mol. The van der Waals surface area contributed by atoms with E-state index in [0.29, 0.717) is 19.3 Å². The Morgan fingerprint density at radius 3 is 2.62 bits per heavy atom. The maximum Gasteiger partial charge on any atom is 0.471 e. The van der Waals surface area contributed by atoms with Crippen molar-refractivity contribution >= 4 is 11.6 Å². The Bertz CT molecular complexity index is 744. The van der Waals surface area contributed by atoms with Gasteiger partial charge in [-0.1, -0.05) is 23.7 Å². The smallest absolute Gasteiger partial charge is 0.378 e. The van der Waals surface area contributed by atoms with E-state index in [0.717, 1.165) is 11.3 Å². The minimum absolute atomic E-state index is 0.00237. The maximum atomic E-state index is 12.4. The number of carbonyl (C=O) groups excluding carboxylic acids is 1. The third-order valence-corrected chi connectivity index (χ3v) is 3.99. The second-order valence-corrected chi connectivity index (χ2v) is 6.20. The normalized spacial score (nSPS) is 12.8. The summed E-state index contributed by atoms with van der Waals surface area (Å²) in [5.74, 6) is -2.23. The van der Waals surface area contributed by atoms with Gasteiger partial charge in [-0.25, -0.2) is 0 Å². The first kappa shape index (κ1) is 19.7. The molecule has 0 fully saturated rings. The van der Waals surface area contributed by atoms with Crippen LogP contribution in [0.5, 0.6) is 0 Å². The van der Waals surface area contributed by atoms with E-state index in [1.165, 1.54) is 0 Å². The fourth-order valence-electron chi connectivity index (χ4n) is 2.60. The fraction of sp³-hybridized carbons (Fsp3) is 0.471. The number of carbonyl (C=O) groups is 1. The average Bonchev–Trinajstić information content (AvgIpc) is 3.03. The highest BCUT2D eigenvalue weighted by atomic mass is 19.4. The topological polar surface area (TPSA) is 85.2 Å². The molecule has 1 amide bonds. The lowest BCUT2D eigenvalue weighted by molar-refractivity contribution is -0.159. The molecule has 2 rings (SSSR count). The molecule has 0 aliphatic heterocycles. The van der Waals surface area contributed by atoms with E-state index in [1.807, 2.05) is 43.3 Å². The molecule has 0 radical (unpaired) electrons. The molecule has 2 N–H and O–H groups in total. The lowest BCUT2D eigenvalue weighted by Crippen LogP contribution is -2.22. The van der Waals surface area contributed by atoms with Crippen molar-refractivity contribution in [3.63, 3.8) is 0 Å². The summed E-state index contributed by atoms with van der Waals surface area (Å²) in [5.41, 5.74) is 7.30. The van der Waals surface area contributed by atoms with Crippen LogP contribution in [0.3, 0.4) is 0 Å². The Balaban J connectivity index is 1.92. The first-order valence-corrected chi connectivity index (χ1v) is 8.15. The van der Waals surface area contributed by atoms with Crippen LogP contribution in [-0.2, 0) is 17.4 Å². The van der Waals surface area contributed by atoms with Gasteiger partial charge in [0, 0.05) is 26.2 Å². The Labute approximate surface area is 149 Å². The molecule has 26 heavy (non-hydrogen) atoms. The summed E-state index contributed by atoms with van der Waals surface area (Å²) in [7, 11) is 3.80. The molecule has 9 heteroatoms. The number of nitrogens with two attached hydrogens (primary N) is 1. The van der Waals surface area contributed by atoms with Gasteiger partial charge in [0.2, 0.25) is 5.91 Å². The van der Waals surface area contributed by atoms with E-state index < -0.39 is 23.9 Å². The highest BCUT2D eigenvalue weighted by molar-refractivity contribution is 5.82. The number of aryl methyl sites for hydroxylation is 1. The molecule has 0 aliphatic carbocycles. The van der Waals surface area contributed by atoms with Crippen molar-refractivity contribution in [2.24, 2.45) is 5.73 Å². The largest absolute Gasteiger partial charge is 0.471 e. The van der Waals surface area contributed by atoms with Crippen LogP contribution < -0.4 is 10.6 Å². The summed E-state index contributed by atoms with van der Waals surface area (Å²) in [4.78, 5) is 17.1. The van der Waals surface area contributed by atoms with Crippen LogP contribution in [0.25, 0.3) is 0 Å². The van der Waals surface area contributed by atoms with Gasteiger partial charge in [-0.15, -0.1) is 0 Å². The molecule has 1 heterocycles. The van der Waals surface area contributed by atoms with Crippen LogP contribution >= 0.6 is 0 Å². The molecule has 0 saturated heterocycles. The van der Waals surface area contributed by atoms with E-state index in [-0.39, 0.29) is 12.2 Å². The zero-order valence-corrected chi connectivity index (χ0v) is 14.6. The van der Waals surface area contributed by atoms with Crippen molar-refractivity contribution in [1.82, 2.24) is 10.1 Å². The third-order valence-electron chi connectivity index (χ3n) is 3.99. The molecule has 1 aromatic heterocycles. The number of alkyl halides is 3. The first-order valence-electron chi connectivity index (χ1n) is 8.15. The van der Waals surface area contributed by atoms with E-state index in [1.54, 1.807) is 0 Å². The third kappa shape index (κ3) is 5.21. The van der Waals surface area contributed by atoms with Gasteiger partial charge >= 0.3 is 12.1 Å². The van der Waals surface area contributed by atoms with E-state index in [9.17, 15) is 18.0 Å². The van der Waals surface area contributed by atoms with Crippen molar-refractivity contribution in [3.05, 3.63) is 41.5 Å². The Morgan fingerprint density at radius 1 is 1.31 bits per heavy atom. The molecule has 142 valence electrons. The van der Waals surface area contributed by atoms with Crippen molar-refractivity contribution in [1.29, 1.82) is 0 Å². The van der Waals surface area contributed by atoms with Crippen LogP contribution in [0.2, 0.25) is 0 Å². The molecule has 0 spiro atoms.